The quantitative estimate of drug-likeness (QED) is 0.565. The molecule has 16 heavy (non-hydrogen) atoms. The van der Waals surface area contributed by atoms with Crippen molar-refractivity contribution in [1.29, 1.82) is 0 Å². The summed E-state index contributed by atoms with van der Waals surface area (Å²) in [5, 5.41) is 0. The standard InChI is InChI=1S/C12H19BrN2S/c1-3-15(4-2)6-5-7-16-12-8-11(13)9-14-10-12/h8-10H,3-7H2,1-2H3. The van der Waals surface area contributed by atoms with Gasteiger partial charge in [0, 0.05) is 21.8 Å². The predicted molar refractivity (Wildman–Crippen MR) is 75.1 cm³/mol. The van der Waals surface area contributed by atoms with E-state index in [0.29, 0.717) is 0 Å². The van der Waals surface area contributed by atoms with E-state index >= 15 is 0 Å². The fourth-order valence-corrected chi connectivity index (χ4v) is 2.86. The fraction of sp³-hybridized carbons (Fsp3) is 0.583. The highest BCUT2D eigenvalue weighted by Gasteiger charge is 1.99. The van der Waals surface area contributed by atoms with Gasteiger partial charge in [-0.3, -0.25) is 4.98 Å². The second-order valence-corrected chi connectivity index (χ2v) is 5.65. The Morgan fingerprint density at radius 1 is 1.31 bits per heavy atom. The summed E-state index contributed by atoms with van der Waals surface area (Å²) in [7, 11) is 0. The van der Waals surface area contributed by atoms with Crippen LogP contribution in [0.25, 0.3) is 0 Å². The third kappa shape index (κ3) is 5.32. The zero-order valence-electron chi connectivity index (χ0n) is 9.95. The molecule has 0 aliphatic rings. The van der Waals surface area contributed by atoms with Crippen LogP contribution in [0.1, 0.15) is 20.3 Å². The molecule has 1 heterocycles. The first kappa shape index (κ1) is 14.0. The van der Waals surface area contributed by atoms with Crippen molar-refractivity contribution in [1.82, 2.24) is 9.88 Å². The van der Waals surface area contributed by atoms with Gasteiger partial charge in [-0.15, -0.1) is 11.8 Å². The third-order valence-electron chi connectivity index (χ3n) is 2.46. The van der Waals surface area contributed by atoms with Crippen molar-refractivity contribution >= 4 is 27.7 Å². The van der Waals surface area contributed by atoms with Crippen LogP contribution in [0.4, 0.5) is 0 Å². The summed E-state index contributed by atoms with van der Waals surface area (Å²) in [5.41, 5.74) is 0. The lowest BCUT2D eigenvalue weighted by Gasteiger charge is -2.17. The molecular formula is C12H19BrN2S. The molecule has 0 saturated carbocycles. The molecule has 4 heteroatoms. The molecule has 0 radical (unpaired) electrons. The van der Waals surface area contributed by atoms with Gasteiger partial charge in [-0.25, -0.2) is 0 Å². The molecule has 0 aromatic carbocycles. The molecule has 0 aliphatic heterocycles. The number of hydrogen-bond donors (Lipinski definition) is 0. The normalized spacial score (nSPS) is 11.0. The van der Waals surface area contributed by atoms with Gasteiger partial charge in [0.05, 0.1) is 0 Å². The van der Waals surface area contributed by atoms with Gasteiger partial charge < -0.3 is 4.90 Å². The number of nitrogens with zero attached hydrogens (tertiary/aromatic N) is 2. The molecular weight excluding hydrogens is 284 g/mol. The van der Waals surface area contributed by atoms with Gasteiger partial charge in [0.2, 0.25) is 0 Å². The van der Waals surface area contributed by atoms with Gasteiger partial charge in [0.1, 0.15) is 0 Å². The summed E-state index contributed by atoms with van der Waals surface area (Å²) in [5.74, 6) is 1.16. The maximum absolute atomic E-state index is 4.15. The Bertz CT molecular complexity index is 303. The van der Waals surface area contributed by atoms with Crippen LogP contribution in [0.5, 0.6) is 0 Å². The summed E-state index contributed by atoms with van der Waals surface area (Å²) in [6.07, 6.45) is 4.98. The van der Waals surface area contributed by atoms with Crippen LogP contribution in [0.3, 0.4) is 0 Å². The minimum atomic E-state index is 1.06. The number of aromatic nitrogens is 1. The summed E-state index contributed by atoms with van der Waals surface area (Å²) < 4.78 is 1.06. The molecule has 0 bridgehead atoms. The number of halogens is 1. The Morgan fingerprint density at radius 2 is 2.06 bits per heavy atom. The number of pyridine rings is 1. The van der Waals surface area contributed by atoms with Crippen molar-refractivity contribution in [3.05, 3.63) is 22.9 Å². The van der Waals surface area contributed by atoms with Crippen LogP contribution in [0.15, 0.2) is 27.8 Å². The van der Waals surface area contributed by atoms with E-state index < -0.39 is 0 Å². The Morgan fingerprint density at radius 3 is 2.69 bits per heavy atom. The molecule has 0 amide bonds. The average molecular weight is 303 g/mol. The second-order valence-electron chi connectivity index (χ2n) is 3.57. The van der Waals surface area contributed by atoms with Gasteiger partial charge >= 0.3 is 0 Å². The zero-order chi connectivity index (χ0) is 11.8. The molecule has 0 N–H and O–H groups in total. The Labute approximate surface area is 111 Å². The molecule has 1 rings (SSSR count). The maximum atomic E-state index is 4.15. The van der Waals surface area contributed by atoms with E-state index in [9.17, 15) is 0 Å². The van der Waals surface area contributed by atoms with Crippen LogP contribution in [-0.4, -0.2) is 35.3 Å². The Balaban J connectivity index is 2.20. The zero-order valence-corrected chi connectivity index (χ0v) is 12.4. The van der Waals surface area contributed by atoms with Gasteiger partial charge in [0.15, 0.2) is 0 Å². The molecule has 0 aliphatic carbocycles. The summed E-state index contributed by atoms with van der Waals surface area (Å²) >= 11 is 5.31. The van der Waals surface area contributed by atoms with E-state index in [1.54, 1.807) is 0 Å². The number of thioether (sulfide) groups is 1. The van der Waals surface area contributed by atoms with Crippen LogP contribution in [0.2, 0.25) is 0 Å². The lowest BCUT2D eigenvalue weighted by Crippen LogP contribution is -2.24. The van der Waals surface area contributed by atoms with Gasteiger partial charge in [-0.2, -0.15) is 0 Å². The molecule has 2 nitrogen and oxygen atoms in total. The lowest BCUT2D eigenvalue weighted by molar-refractivity contribution is 0.305. The van der Waals surface area contributed by atoms with Crippen molar-refractivity contribution in [2.45, 2.75) is 25.2 Å². The smallest absolute Gasteiger partial charge is 0.0411 e. The highest BCUT2D eigenvalue weighted by molar-refractivity contribution is 9.10. The molecule has 1 aromatic rings. The lowest BCUT2D eigenvalue weighted by atomic mass is 10.4. The summed E-state index contributed by atoms with van der Waals surface area (Å²) in [6, 6.07) is 2.12. The van der Waals surface area contributed by atoms with Crippen LogP contribution < -0.4 is 0 Å². The van der Waals surface area contributed by atoms with Gasteiger partial charge in [-0.1, -0.05) is 13.8 Å². The minimum Gasteiger partial charge on any atom is -0.304 e. The number of hydrogen-bond acceptors (Lipinski definition) is 3. The van der Waals surface area contributed by atoms with E-state index in [2.05, 4.69) is 45.7 Å². The molecule has 0 spiro atoms. The van der Waals surface area contributed by atoms with E-state index in [1.807, 2.05) is 24.2 Å². The maximum Gasteiger partial charge on any atom is 0.0411 e. The first-order valence-electron chi connectivity index (χ1n) is 5.72. The van der Waals surface area contributed by atoms with Crippen molar-refractivity contribution in [2.75, 3.05) is 25.4 Å². The molecule has 90 valence electrons. The van der Waals surface area contributed by atoms with Crippen LogP contribution in [0, 0.1) is 0 Å². The molecule has 0 fully saturated rings. The highest BCUT2D eigenvalue weighted by atomic mass is 79.9. The van der Waals surface area contributed by atoms with E-state index in [4.69, 9.17) is 0 Å². The van der Waals surface area contributed by atoms with Gasteiger partial charge in [-0.05, 0) is 53.8 Å². The monoisotopic (exact) mass is 302 g/mol. The fourth-order valence-electron chi connectivity index (χ4n) is 1.49. The molecule has 0 unspecified atom stereocenters. The van der Waals surface area contributed by atoms with E-state index in [-0.39, 0.29) is 0 Å². The second kappa shape index (κ2) is 8.09. The van der Waals surface area contributed by atoms with Crippen LogP contribution in [-0.2, 0) is 0 Å². The summed E-state index contributed by atoms with van der Waals surface area (Å²) in [4.78, 5) is 7.85. The SMILES string of the molecule is CCN(CC)CCCSc1cncc(Br)c1. The highest BCUT2D eigenvalue weighted by Crippen LogP contribution is 2.21. The first-order valence-corrected chi connectivity index (χ1v) is 7.49. The van der Waals surface area contributed by atoms with E-state index in [0.717, 1.165) is 23.3 Å². The topological polar surface area (TPSA) is 16.1 Å². The average Bonchev–Trinajstić information content (AvgIpc) is 2.29. The Hall–Kier alpha value is -0.0600. The summed E-state index contributed by atoms with van der Waals surface area (Å²) in [6.45, 7) is 7.93. The molecule has 0 saturated heterocycles. The first-order chi connectivity index (χ1) is 7.76. The van der Waals surface area contributed by atoms with Gasteiger partial charge in [0.25, 0.3) is 0 Å². The third-order valence-corrected chi connectivity index (χ3v) is 3.94. The molecule has 0 atom stereocenters. The predicted octanol–water partition coefficient (Wildman–Crippen LogP) is 3.67. The van der Waals surface area contributed by atoms with Crippen molar-refractivity contribution < 1.29 is 0 Å². The van der Waals surface area contributed by atoms with Crippen molar-refractivity contribution in [2.24, 2.45) is 0 Å². The van der Waals surface area contributed by atoms with Crippen LogP contribution >= 0.6 is 27.7 Å². The van der Waals surface area contributed by atoms with Crippen molar-refractivity contribution in [3.63, 3.8) is 0 Å². The largest absolute Gasteiger partial charge is 0.304 e. The molecule has 1 aromatic heterocycles. The number of rotatable bonds is 7. The van der Waals surface area contributed by atoms with Crippen molar-refractivity contribution in [3.8, 4) is 0 Å². The minimum absolute atomic E-state index is 1.06. The van der Waals surface area contributed by atoms with E-state index in [1.165, 1.54) is 17.9 Å². The Kier molecular flexibility index (Phi) is 7.08.